The molecule has 1 aliphatic rings. The van der Waals surface area contributed by atoms with Crippen LogP contribution in [0, 0.1) is 0 Å². The Bertz CT molecular complexity index is 360. The van der Waals surface area contributed by atoms with Crippen LogP contribution in [0.4, 0.5) is 0 Å². The van der Waals surface area contributed by atoms with E-state index in [-0.39, 0.29) is 6.61 Å². The minimum Gasteiger partial charge on any atom is -0.392 e. The average molecular weight is 204 g/mol. The second-order valence-corrected chi connectivity index (χ2v) is 3.76. The molecule has 0 saturated heterocycles. The largest absolute Gasteiger partial charge is 0.392 e. The Kier molecular flexibility index (Phi) is 3.35. The zero-order valence-corrected chi connectivity index (χ0v) is 8.74. The van der Waals surface area contributed by atoms with E-state index in [0.717, 1.165) is 30.9 Å². The zero-order valence-electron chi connectivity index (χ0n) is 8.74. The quantitative estimate of drug-likeness (QED) is 0.783. The molecule has 15 heavy (non-hydrogen) atoms. The van der Waals surface area contributed by atoms with Gasteiger partial charge in [-0.2, -0.15) is 0 Å². The Balaban J connectivity index is 1.92. The summed E-state index contributed by atoms with van der Waals surface area (Å²) in [6.45, 7) is 1.86. The van der Waals surface area contributed by atoms with Crippen molar-refractivity contribution in [1.82, 2.24) is 5.32 Å². The molecule has 2 rings (SSSR count). The summed E-state index contributed by atoms with van der Waals surface area (Å²) in [5, 5.41) is 12.3. The molecule has 0 radical (unpaired) electrons. The van der Waals surface area contributed by atoms with Crippen molar-refractivity contribution >= 4 is 5.84 Å². The number of amidine groups is 1. The number of nitrogens with one attached hydrogen (secondary N) is 1. The van der Waals surface area contributed by atoms with Crippen molar-refractivity contribution in [3.8, 4) is 0 Å². The predicted octanol–water partition coefficient (Wildman–Crippen LogP) is 1.46. The lowest BCUT2D eigenvalue weighted by atomic mass is 10.1. The van der Waals surface area contributed by atoms with Gasteiger partial charge in [0.05, 0.1) is 12.4 Å². The maximum absolute atomic E-state index is 9.00. The Morgan fingerprint density at radius 3 is 2.93 bits per heavy atom. The van der Waals surface area contributed by atoms with Gasteiger partial charge >= 0.3 is 0 Å². The minimum absolute atomic E-state index is 0.106. The molecule has 1 heterocycles. The molecule has 80 valence electrons. The van der Waals surface area contributed by atoms with Gasteiger partial charge in [-0.1, -0.05) is 24.3 Å². The normalized spacial score (nSPS) is 15.1. The molecule has 1 aromatic rings. The van der Waals surface area contributed by atoms with E-state index in [2.05, 4.69) is 16.4 Å². The van der Waals surface area contributed by atoms with Crippen LogP contribution in [0.5, 0.6) is 0 Å². The summed E-state index contributed by atoms with van der Waals surface area (Å²) in [7, 11) is 0. The van der Waals surface area contributed by atoms with Crippen LogP contribution in [-0.4, -0.2) is 17.5 Å². The van der Waals surface area contributed by atoms with E-state index in [1.807, 2.05) is 18.2 Å². The van der Waals surface area contributed by atoms with Crippen LogP contribution in [0.15, 0.2) is 29.3 Å². The second-order valence-electron chi connectivity index (χ2n) is 3.76. The van der Waals surface area contributed by atoms with Gasteiger partial charge in [-0.15, -0.1) is 0 Å². The number of rotatable bonds is 3. The summed E-state index contributed by atoms with van der Waals surface area (Å²) >= 11 is 0. The average Bonchev–Trinajstić information content (AvgIpc) is 2.79. The van der Waals surface area contributed by atoms with Crippen LogP contribution in [0.25, 0.3) is 0 Å². The molecule has 3 heteroatoms. The molecule has 0 aliphatic carbocycles. The Morgan fingerprint density at radius 1 is 1.33 bits per heavy atom. The highest BCUT2D eigenvalue weighted by Gasteiger charge is 2.04. The first kappa shape index (κ1) is 10.2. The fourth-order valence-electron chi connectivity index (χ4n) is 1.73. The highest BCUT2D eigenvalue weighted by molar-refractivity contribution is 5.83. The molecule has 0 amide bonds. The van der Waals surface area contributed by atoms with Crippen LogP contribution in [0.1, 0.15) is 24.0 Å². The number of hydrogen-bond acceptors (Lipinski definition) is 3. The van der Waals surface area contributed by atoms with Gasteiger partial charge in [-0.3, -0.25) is 4.99 Å². The molecule has 3 nitrogen and oxygen atoms in total. The van der Waals surface area contributed by atoms with E-state index >= 15 is 0 Å². The van der Waals surface area contributed by atoms with E-state index in [1.54, 1.807) is 0 Å². The van der Waals surface area contributed by atoms with Gasteiger partial charge in [-0.05, 0) is 17.5 Å². The summed E-state index contributed by atoms with van der Waals surface area (Å²) in [4.78, 5) is 4.35. The summed E-state index contributed by atoms with van der Waals surface area (Å²) in [6.07, 6.45) is 2.23. The third-order valence-electron chi connectivity index (χ3n) is 2.54. The highest BCUT2D eigenvalue weighted by atomic mass is 16.3. The summed E-state index contributed by atoms with van der Waals surface area (Å²) in [5.41, 5.74) is 2.15. The monoisotopic (exact) mass is 204 g/mol. The van der Waals surface area contributed by atoms with Crippen LogP contribution >= 0.6 is 0 Å². The van der Waals surface area contributed by atoms with Crippen molar-refractivity contribution < 1.29 is 5.11 Å². The first-order valence-electron chi connectivity index (χ1n) is 5.34. The molecule has 0 unspecified atom stereocenters. The summed E-state index contributed by atoms with van der Waals surface area (Å²) < 4.78 is 0. The summed E-state index contributed by atoms with van der Waals surface area (Å²) in [6, 6.07) is 7.97. The van der Waals surface area contributed by atoms with Crippen molar-refractivity contribution in [3.05, 3.63) is 35.4 Å². The number of benzene rings is 1. The maximum Gasteiger partial charge on any atom is 0.0966 e. The highest BCUT2D eigenvalue weighted by Crippen LogP contribution is 2.06. The van der Waals surface area contributed by atoms with E-state index in [4.69, 9.17) is 5.11 Å². The van der Waals surface area contributed by atoms with Gasteiger partial charge in [0.15, 0.2) is 0 Å². The van der Waals surface area contributed by atoms with Gasteiger partial charge in [0, 0.05) is 19.5 Å². The molecule has 0 fully saturated rings. The summed E-state index contributed by atoms with van der Waals surface area (Å²) in [5.74, 6) is 1.12. The fourth-order valence-corrected chi connectivity index (χ4v) is 1.73. The maximum atomic E-state index is 9.00. The van der Waals surface area contributed by atoms with Crippen LogP contribution in [0.3, 0.4) is 0 Å². The van der Waals surface area contributed by atoms with Gasteiger partial charge in [0.1, 0.15) is 0 Å². The standard InChI is InChI=1S/C12H16N2O/c15-9-11-4-1-3-10(7-11)8-14-12-5-2-6-13-12/h1,3-4,7,15H,2,5-6,8-9H2,(H,13,14). The Labute approximate surface area is 89.9 Å². The van der Waals surface area contributed by atoms with Gasteiger partial charge in [-0.25, -0.2) is 0 Å². The lowest BCUT2D eigenvalue weighted by molar-refractivity contribution is 0.281. The lowest BCUT2D eigenvalue weighted by Gasteiger charge is -2.06. The van der Waals surface area contributed by atoms with Crippen molar-refractivity contribution in [3.63, 3.8) is 0 Å². The second kappa shape index (κ2) is 4.94. The first-order valence-corrected chi connectivity index (χ1v) is 5.34. The molecule has 0 saturated carbocycles. The number of aliphatic imine (C=N–C) groups is 1. The van der Waals surface area contributed by atoms with Gasteiger partial charge in [0.25, 0.3) is 0 Å². The topological polar surface area (TPSA) is 44.6 Å². The Morgan fingerprint density at radius 2 is 2.20 bits per heavy atom. The van der Waals surface area contributed by atoms with Crippen LogP contribution in [0.2, 0.25) is 0 Å². The van der Waals surface area contributed by atoms with Crippen LogP contribution in [-0.2, 0) is 13.2 Å². The number of aliphatic hydroxyl groups excluding tert-OH is 1. The Hall–Kier alpha value is -1.35. The van der Waals surface area contributed by atoms with E-state index in [0.29, 0.717) is 0 Å². The molecule has 1 aliphatic heterocycles. The number of aliphatic hydroxyl groups is 1. The zero-order chi connectivity index (χ0) is 10.5. The third kappa shape index (κ3) is 2.80. The SMILES string of the molecule is OCc1cccc(CNC2=NCCC2)c1. The first-order chi connectivity index (χ1) is 7.38. The molecular formula is C12H16N2O. The molecular weight excluding hydrogens is 188 g/mol. The lowest BCUT2D eigenvalue weighted by Crippen LogP contribution is -2.20. The molecule has 0 spiro atoms. The van der Waals surface area contributed by atoms with E-state index < -0.39 is 0 Å². The van der Waals surface area contributed by atoms with Crippen molar-refractivity contribution in [2.75, 3.05) is 6.54 Å². The van der Waals surface area contributed by atoms with Crippen molar-refractivity contribution in [1.29, 1.82) is 0 Å². The smallest absolute Gasteiger partial charge is 0.0966 e. The molecule has 0 aromatic heterocycles. The van der Waals surface area contributed by atoms with Crippen molar-refractivity contribution in [2.24, 2.45) is 4.99 Å². The van der Waals surface area contributed by atoms with Gasteiger partial charge in [0.2, 0.25) is 0 Å². The molecule has 0 atom stereocenters. The van der Waals surface area contributed by atoms with Gasteiger partial charge < -0.3 is 10.4 Å². The molecule has 1 aromatic carbocycles. The minimum atomic E-state index is 0.106. The molecule has 2 N–H and O–H groups in total. The van der Waals surface area contributed by atoms with Crippen LogP contribution < -0.4 is 5.32 Å². The van der Waals surface area contributed by atoms with Crippen molar-refractivity contribution in [2.45, 2.75) is 26.0 Å². The number of nitrogens with zero attached hydrogens (tertiary/aromatic N) is 1. The fraction of sp³-hybridized carbons (Fsp3) is 0.417. The van der Waals surface area contributed by atoms with E-state index in [1.165, 1.54) is 12.0 Å². The molecule has 0 bridgehead atoms. The third-order valence-corrected chi connectivity index (χ3v) is 2.54. The number of hydrogen-bond donors (Lipinski definition) is 2. The predicted molar refractivity (Wildman–Crippen MR) is 60.7 cm³/mol. The van der Waals surface area contributed by atoms with E-state index in [9.17, 15) is 0 Å².